The number of aryl methyl sites for hydroxylation is 2. The van der Waals surface area contributed by atoms with Gasteiger partial charge in [-0.25, -0.2) is 0 Å². The van der Waals surface area contributed by atoms with Gasteiger partial charge in [-0.3, -0.25) is 4.79 Å². The Hall–Kier alpha value is -1.00. The molecular formula is C17H26N2OS. The normalized spacial score (nSPS) is 17.9. The number of rotatable bonds is 7. The van der Waals surface area contributed by atoms with Crippen LogP contribution in [0, 0.1) is 19.8 Å². The van der Waals surface area contributed by atoms with Gasteiger partial charge in [0.1, 0.15) is 0 Å². The van der Waals surface area contributed by atoms with Crippen molar-refractivity contribution in [2.75, 3.05) is 25.4 Å². The number of nitrogens with one attached hydrogen (secondary N) is 2. The molecule has 1 fully saturated rings. The molecule has 1 aliphatic heterocycles. The van der Waals surface area contributed by atoms with Crippen LogP contribution in [0.5, 0.6) is 0 Å². The first-order chi connectivity index (χ1) is 10.1. The van der Waals surface area contributed by atoms with E-state index < -0.39 is 0 Å². The summed E-state index contributed by atoms with van der Waals surface area (Å²) in [5.41, 5.74) is 2.63. The zero-order valence-electron chi connectivity index (χ0n) is 13.1. The minimum absolute atomic E-state index is 0.178. The molecule has 4 heteroatoms. The lowest BCUT2D eigenvalue weighted by Gasteiger charge is -2.09. The lowest BCUT2D eigenvalue weighted by atomic mass is 10.1. The van der Waals surface area contributed by atoms with Crippen LogP contribution in [0.1, 0.15) is 30.4 Å². The van der Waals surface area contributed by atoms with Gasteiger partial charge in [-0.2, -0.15) is 0 Å². The lowest BCUT2D eigenvalue weighted by molar-refractivity contribution is -0.120. The van der Waals surface area contributed by atoms with Crippen molar-refractivity contribution in [2.45, 2.75) is 38.0 Å². The third-order valence-corrected chi connectivity index (χ3v) is 5.11. The van der Waals surface area contributed by atoms with E-state index in [1.807, 2.05) is 0 Å². The highest BCUT2D eigenvalue weighted by Gasteiger charge is 2.13. The molecule has 0 bridgehead atoms. The van der Waals surface area contributed by atoms with Crippen molar-refractivity contribution in [3.8, 4) is 0 Å². The maximum absolute atomic E-state index is 11.8. The Balaban J connectivity index is 1.59. The molecule has 0 spiro atoms. The predicted octanol–water partition coefficient (Wildman–Crippen LogP) is 2.90. The number of hydrogen-bond acceptors (Lipinski definition) is 3. The summed E-state index contributed by atoms with van der Waals surface area (Å²) < 4.78 is 0. The van der Waals surface area contributed by atoms with Gasteiger partial charge in [-0.1, -0.05) is 6.07 Å². The van der Waals surface area contributed by atoms with E-state index in [0.717, 1.165) is 37.7 Å². The molecule has 1 unspecified atom stereocenters. The van der Waals surface area contributed by atoms with Crippen molar-refractivity contribution >= 4 is 17.7 Å². The molecule has 1 aromatic rings. The van der Waals surface area contributed by atoms with Crippen molar-refractivity contribution in [1.29, 1.82) is 0 Å². The summed E-state index contributed by atoms with van der Waals surface area (Å²) in [6.45, 7) is 7.31. The van der Waals surface area contributed by atoms with Crippen molar-refractivity contribution in [3.63, 3.8) is 0 Å². The number of amides is 1. The first-order valence-corrected chi connectivity index (χ1v) is 8.81. The minimum atomic E-state index is 0.178. The molecule has 1 atom stereocenters. The second kappa shape index (κ2) is 8.44. The van der Waals surface area contributed by atoms with Crippen LogP contribution in [0.4, 0.5) is 0 Å². The average molecular weight is 306 g/mol. The van der Waals surface area contributed by atoms with Gasteiger partial charge in [0, 0.05) is 23.6 Å². The molecule has 1 heterocycles. The van der Waals surface area contributed by atoms with Crippen LogP contribution in [0.2, 0.25) is 0 Å². The topological polar surface area (TPSA) is 41.1 Å². The molecule has 2 rings (SSSR count). The Morgan fingerprint density at radius 3 is 2.95 bits per heavy atom. The first kappa shape index (κ1) is 16.4. The summed E-state index contributed by atoms with van der Waals surface area (Å²) in [4.78, 5) is 13.0. The molecule has 1 amide bonds. The maximum Gasteiger partial charge on any atom is 0.220 e. The molecule has 1 aliphatic rings. The van der Waals surface area contributed by atoms with Crippen LogP contribution in [0.15, 0.2) is 23.1 Å². The fraction of sp³-hybridized carbons (Fsp3) is 0.588. The van der Waals surface area contributed by atoms with Crippen LogP contribution in [0.3, 0.4) is 0 Å². The second-order valence-electron chi connectivity index (χ2n) is 5.84. The monoisotopic (exact) mass is 306 g/mol. The Morgan fingerprint density at radius 1 is 1.38 bits per heavy atom. The van der Waals surface area contributed by atoms with E-state index in [4.69, 9.17) is 0 Å². The van der Waals surface area contributed by atoms with Gasteiger partial charge < -0.3 is 10.6 Å². The summed E-state index contributed by atoms with van der Waals surface area (Å²) in [5, 5.41) is 6.39. The number of carbonyl (C=O) groups excluding carboxylic acids is 1. The standard InChI is InChI=1S/C17H26N2OS/c1-13-3-4-16(11-14(13)2)21-10-7-17(20)19-9-6-15-5-8-18-12-15/h3-4,11,15,18H,5-10,12H2,1-2H3,(H,19,20). The Kier molecular flexibility index (Phi) is 6.58. The highest BCUT2D eigenvalue weighted by Crippen LogP contribution is 2.21. The van der Waals surface area contributed by atoms with Gasteiger partial charge in [-0.05, 0) is 69.0 Å². The Bertz CT molecular complexity index is 470. The molecule has 116 valence electrons. The van der Waals surface area contributed by atoms with Crippen LogP contribution < -0.4 is 10.6 Å². The smallest absolute Gasteiger partial charge is 0.220 e. The van der Waals surface area contributed by atoms with E-state index in [9.17, 15) is 4.79 Å². The summed E-state index contributed by atoms with van der Waals surface area (Å²) in [5.74, 6) is 1.77. The molecule has 0 aliphatic carbocycles. The highest BCUT2D eigenvalue weighted by atomic mass is 32.2. The molecule has 1 saturated heterocycles. The average Bonchev–Trinajstić information content (AvgIpc) is 2.96. The second-order valence-corrected chi connectivity index (χ2v) is 7.01. The van der Waals surface area contributed by atoms with E-state index in [1.54, 1.807) is 11.8 Å². The summed E-state index contributed by atoms with van der Waals surface area (Å²) in [7, 11) is 0. The Labute approximate surface area is 132 Å². The fourth-order valence-electron chi connectivity index (χ4n) is 2.53. The van der Waals surface area contributed by atoms with E-state index in [1.165, 1.54) is 22.4 Å². The molecule has 0 saturated carbocycles. The van der Waals surface area contributed by atoms with E-state index in [-0.39, 0.29) is 5.91 Å². The molecular weight excluding hydrogens is 280 g/mol. The quantitative estimate of drug-likeness (QED) is 0.761. The highest BCUT2D eigenvalue weighted by molar-refractivity contribution is 7.99. The van der Waals surface area contributed by atoms with Crippen LogP contribution in [0.25, 0.3) is 0 Å². The Morgan fingerprint density at radius 2 is 2.24 bits per heavy atom. The lowest BCUT2D eigenvalue weighted by Crippen LogP contribution is -2.26. The van der Waals surface area contributed by atoms with Gasteiger partial charge in [0.05, 0.1) is 0 Å². The molecule has 1 aromatic carbocycles. The number of carbonyl (C=O) groups is 1. The zero-order chi connectivity index (χ0) is 15.1. The van der Waals surface area contributed by atoms with Gasteiger partial charge in [0.15, 0.2) is 0 Å². The maximum atomic E-state index is 11.8. The van der Waals surface area contributed by atoms with Crippen molar-refractivity contribution in [3.05, 3.63) is 29.3 Å². The summed E-state index contributed by atoms with van der Waals surface area (Å²) >= 11 is 1.76. The van der Waals surface area contributed by atoms with Crippen LogP contribution in [-0.4, -0.2) is 31.3 Å². The summed E-state index contributed by atoms with van der Waals surface area (Å²) in [6.07, 6.45) is 2.95. The van der Waals surface area contributed by atoms with Crippen LogP contribution in [-0.2, 0) is 4.79 Å². The van der Waals surface area contributed by atoms with Crippen molar-refractivity contribution < 1.29 is 4.79 Å². The molecule has 3 nitrogen and oxygen atoms in total. The largest absolute Gasteiger partial charge is 0.356 e. The van der Waals surface area contributed by atoms with Crippen molar-refractivity contribution in [2.24, 2.45) is 5.92 Å². The molecule has 21 heavy (non-hydrogen) atoms. The van der Waals surface area contributed by atoms with E-state index in [2.05, 4.69) is 42.7 Å². The molecule has 0 aromatic heterocycles. The minimum Gasteiger partial charge on any atom is -0.356 e. The number of thioether (sulfide) groups is 1. The van der Waals surface area contributed by atoms with E-state index in [0.29, 0.717) is 6.42 Å². The van der Waals surface area contributed by atoms with Crippen LogP contribution >= 0.6 is 11.8 Å². The van der Waals surface area contributed by atoms with Gasteiger partial charge >= 0.3 is 0 Å². The third-order valence-electron chi connectivity index (χ3n) is 4.11. The molecule has 0 radical (unpaired) electrons. The van der Waals surface area contributed by atoms with Crippen molar-refractivity contribution in [1.82, 2.24) is 10.6 Å². The van der Waals surface area contributed by atoms with Gasteiger partial charge in [-0.15, -0.1) is 11.8 Å². The number of hydrogen-bond donors (Lipinski definition) is 2. The van der Waals surface area contributed by atoms with Gasteiger partial charge in [0.2, 0.25) is 5.91 Å². The predicted molar refractivity (Wildman–Crippen MR) is 89.9 cm³/mol. The zero-order valence-corrected chi connectivity index (χ0v) is 13.9. The first-order valence-electron chi connectivity index (χ1n) is 7.82. The number of benzene rings is 1. The van der Waals surface area contributed by atoms with Gasteiger partial charge in [0.25, 0.3) is 0 Å². The summed E-state index contributed by atoms with van der Waals surface area (Å²) in [6, 6.07) is 6.48. The SMILES string of the molecule is Cc1ccc(SCCC(=O)NCCC2CCNC2)cc1C. The molecule has 2 N–H and O–H groups in total. The van der Waals surface area contributed by atoms with E-state index >= 15 is 0 Å². The third kappa shape index (κ3) is 5.71. The fourth-order valence-corrected chi connectivity index (χ4v) is 3.48.